The summed E-state index contributed by atoms with van der Waals surface area (Å²) in [6, 6.07) is 6.13. The molecule has 5 rings (SSSR count). The van der Waals surface area contributed by atoms with Crippen LogP contribution in [0, 0.1) is 6.92 Å². The molecule has 0 spiro atoms. The Hall–Kier alpha value is -2.85. The van der Waals surface area contributed by atoms with Gasteiger partial charge in [0.1, 0.15) is 17.3 Å². The van der Waals surface area contributed by atoms with E-state index < -0.39 is 0 Å². The van der Waals surface area contributed by atoms with E-state index in [0.717, 1.165) is 54.2 Å². The average Bonchev–Trinajstić information content (AvgIpc) is 3.45. The molecule has 2 aliphatic rings. The Kier molecular flexibility index (Phi) is 5.17. The third-order valence-corrected chi connectivity index (χ3v) is 6.34. The summed E-state index contributed by atoms with van der Waals surface area (Å²) in [5.74, 6) is 0.614. The van der Waals surface area contributed by atoms with Gasteiger partial charge in [-0.1, -0.05) is 4.49 Å². The highest BCUT2D eigenvalue weighted by Crippen LogP contribution is 2.29. The van der Waals surface area contributed by atoms with E-state index in [1.165, 1.54) is 6.33 Å². The molecule has 2 saturated heterocycles. The number of rotatable bonds is 4. The number of aromatic nitrogens is 4. The molecule has 156 valence electrons. The molecule has 0 N–H and O–H groups in total. The normalized spacial score (nSPS) is 19.4. The van der Waals surface area contributed by atoms with Crippen LogP contribution in [0.1, 0.15) is 21.8 Å². The average molecular weight is 427 g/mol. The van der Waals surface area contributed by atoms with Crippen LogP contribution in [0.3, 0.4) is 0 Å². The summed E-state index contributed by atoms with van der Waals surface area (Å²) in [5, 5.41) is 4.84. The van der Waals surface area contributed by atoms with Gasteiger partial charge in [0, 0.05) is 38.3 Å². The van der Waals surface area contributed by atoms with Gasteiger partial charge in [-0.05, 0) is 36.7 Å². The summed E-state index contributed by atoms with van der Waals surface area (Å²) in [7, 11) is 0. The fourth-order valence-corrected chi connectivity index (χ4v) is 4.44. The molecular formula is C20H22N6O3S. The van der Waals surface area contributed by atoms with Crippen molar-refractivity contribution in [3.63, 3.8) is 0 Å². The van der Waals surface area contributed by atoms with Gasteiger partial charge in [0.05, 0.1) is 29.8 Å². The lowest BCUT2D eigenvalue weighted by Gasteiger charge is -2.36. The van der Waals surface area contributed by atoms with E-state index in [1.807, 2.05) is 17.9 Å². The van der Waals surface area contributed by atoms with Crippen molar-refractivity contribution in [1.29, 1.82) is 0 Å². The third kappa shape index (κ3) is 3.68. The van der Waals surface area contributed by atoms with Gasteiger partial charge in [0.25, 0.3) is 5.91 Å². The second kappa shape index (κ2) is 8.11. The molecule has 0 radical (unpaired) electrons. The van der Waals surface area contributed by atoms with Crippen LogP contribution >= 0.6 is 11.5 Å². The molecule has 4 heterocycles. The lowest BCUT2D eigenvalue weighted by atomic mass is 10.1. The maximum atomic E-state index is 12.7. The highest BCUT2D eigenvalue weighted by atomic mass is 32.1. The molecule has 1 atom stereocenters. The predicted octanol–water partition coefficient (Wildman–Crippen LogP) is 1.92. The van der Waals surface area contributed by atoms with Crippen molar-refractivity contribution >= 4 is 34.0 Å². The van der Waals surface area contributed by atoms with Crippen LogP contribution in [0.5, 0.6) is 5.88 Å². The quantitative estimate of drug-likeness (QED) is 0.625. The highest BCUT2D eigenvalue weighted by Gasteiger charge is 2.26. The zero-order chi connectivity index (χ0) is 20.5. The van der Waals surface area contributed by atoms with Crippen LogP contribution in [-0.2, 0) is 4.74 Å². The number of nitrogens with zero attached hydrogens (tertiary/aromatic N) is 6. The van der Waals surface area contributed by atoms with E-state index in [-0.39, 0.29) is 12.0 Å². The molecule has 0 saturated carbocycles. The molecule has 0 aliphatic carbocycles. The van der Waals surface area contributed by atoms with Crippen molar-refractivity contribution in [2.75, 3.05) is 44.3 Å². The number of amides is 1. The first kappa shape index (κ1) is 19.1. The van der Waals surface area contributed by atoms with Crippen LogP contribution in [0.15, 0.2) is 24.5 Å². The van der Waals surface area contributed by atoms with Crippen LogP contribution in [0.4, 0.5) is 5.69 Å². The van der Waals surface area contributed by atoms with E-state index in [0.29, 0.717) is 36.1 Å². The number of ether oxygens (including phenoxy) is 2. The molecule has 2 fully saturated rings. The summed E-state index contributed by atoms with van der Waals surface area (Å²) in [6.45, 7) is 5.95. The maximum absolute atomic E-state index is 12.7. The molecule has 10 heteroatoms. The molecular weight excluding hydrogens is 404 g/mol. The lowest BCUT2D eigenvalue weighted by Crippen LogP contribution is -2.48. The number of anilines is 1. The Morgan fingerprint density at radius 1 is 1.23 bits per heavy atom. The monoisotopic (exact) mass is 426 g/mol. The fraction of sp³-hybridized carbons (Fsp3) is 0.450. The maximum Gasteiger partial charge on any atom is 0.267 e. The smallest absolute Gasteiger partial charge is 0.267 e. The fourth-order valence-electron chi connectivity index (χ4n) is 3.81. The summed E-state index contributed by atoms with van der Waals surface area (Å²) in [5.41, 5.74) is 2.62. The molecule has 2 aliphatic heterocycles. The van der Waals surface area contributed by atoms with Gasteiger partial charge in [-0.25, -0.2) is 9.97 Å². The van der Waals surface area contributed by atoms with E-state index in [4.69, 9.17) is 9.47 Å². The SMILES string of the molecule is Cc1nnsc1C(=O)N1CCN(c2ccc3ncnc(OC4CCOC4)c3c2)CC1. The molecule has 9 nitrogen and oxygen atoms in total. The predicted molar refractivity (Wildman–Crippen MR) is 112 cm³/mol. The molecule has 1 amide bonds. The number of carbonyl (C=O) groups is 1. The number of hydrogen-bond donors (Lipinski definition) is 0. The molecule has 1 unspecified atom stereocenters. The molecule has 0 bridgehead atoms. The Balaban J connectivity index is 1.32. The number of piperazine rings is 1. The van der Waals surface area contributed by atoms with Gasteiger partial charge in [0.2, 0.25) is 5.88 Å². The van der Waals surface area contributed by atoms with Gasteiger partial charge < -0.3 is 19.3 Å². The second-order valence-corrected chi connectivity index (χ2v) is 8.20. The summed E-state index contributed by atoms with van der Waals surface area (Å²) < 4.78 is 15.4. The minimum atomic E-state index is 0.0172. The van der Waals surface area contributed by atoms with Crippen LogP contribution in [0.25, 0.3) is 10.9 Å². The lowest BCUT2D eigenvalue weighted by molar-refractivity contribution is 0.0750. The number of hydrogen-bond acceptors (Lipinski definition) is 9. The zero-order valence-corrected chi connectivity index (χ0v) is 17.5. The van der Waals surface area contributed by atoms with Crippen molar-refractivity contribution in [2.24, 2.45) is 0 Å². The Labute approximate surface area is 177 Å². The summed E-state index contributed by atoms with van der Waals surface area (Å²) >= 11 is 1.16. The molecule has 30 heavy (non-hydrogen) atoms. The van der Waals surface area contributed by atoms with Crippen molar-refractivity contribution in [2.45, 2.75) is 19.4 Å². The molecule has 1 aromatic carbocycles. The van der Waals surface area contributed by atoms with E-state index in [9.17, 15) is 4.79 Å². The first-order chi connectivity index (χ1) is 14.7. The van der Waals surface area contributed by atoms with Gasteiger partial charge in [-0.2, -0.15) is 0 Å². The highest BCUT2D eigenvalue weighted by molar-refractivity contribution is 7.07. The van der Waals surface area contributed by atoms with Crippen LogP contribution in [-0.4, -0.2) is 75.9 Å². The Morgan fingerprint density at radius 3 is 2.83 bits per heavy atom. The summed E-state index contributed by atoms with van der Waals surface area (Å²) in [6.07, 6.45) is 2.44. The van der Waals surface area contributed by atoms with Crippen molar-refractivity contribution < 1.29 is 14.3 Å². The van der Waals surface area contributed by atoms with Gasteiger partial charge >= 0.3 is 0 Å². The minimum absolute atomic E-state index is 0.0172. The van der Waals surface area contributed by atoms with Gasteiger partial charge in [-0.15, -0.1) is 5.10 Å². The van der Waals surface area contributed by atoms with Gasteiger partial charge in [0.15, 0.2) is 0 Å². The van der Waals surface area contributed by atoms with Crippen molar-refractivity contribution in [3.05, 3.63) is 35.1 Å². The minimum Gasteiger partial charge on any atom is -0.471 e. The molecule has 3 aromatic rings. The molecule has 2 aromatic heterocycles. The number of benzene rings is 1. The van der Waals surface area contributed by atoms with Gasteiger partial charge in [-0.3, -0.25) is 4.79 Å². The largest absolute Gasteiger partial charge is 0.471 e. The van der Waals surface area contributed by atoms with Crippen molar-refractivity contribution in [3.8, 4) is 5.88 Å². The summed E-state index contributed by atoms with van der Waals surface area (Å²) in [4.78, 5) is 26.2. The van der Waals surface area contributed by atoms with E-state index in [2.05, 4.69) is 36.6 Å². The van der Waals surface area contributed by atoms with Crippen LogP contribution < -0.4 is 9.64 Å². The Bertz CT molecular complexity index is 1060. The standard InChI is InChI=1S/C20H22N6O3S/c1-13-18(30-24-23-13)20(27)26-7-5-25(6-8-26)14-2-3-17-16(10-14)19(22-12-21-17)29-15-4-9-28-11-15/h2-3,10,12,15H,4-9,11H2,1H3. The van der Waals surface area contributed by atoms with E-state index >= 15 is 0 Å². The second-order valence-electron chi connectivity index (χ2n) is 7.45. The topological polar surface area (TPSA) is 93.6 Å². The zero-order valence-electron chi connectivity index (χ0n) is 16.7. The first-order valence-electron chi connectivity index (χ1n) is 10.0. The van der Waals surface area contributed by atoms with E-state index in [1.54, 1.807) is 0 Å². The third-order valence-electron chi connectivity index (χ3n) is 5.53. The number of fused-ring (bicyclic) bond motifs is 1. The Morgan fingerprint density at radius 2 is 2.10 bits per heavy atom. The number of carbonyl (C=O) groups excluding carboxylic acids is 1. The van der Waals surface area contributed by atoms with Crippen LogP contribution in [0.2, 0.25) is 0 Å². The van der Waals surface area contributed by atoms with Crippen molar-refractivity contribution in [1.82, 2.24) is 24.5 Å². The number of aryl methyl sites for hydroxylation is 1. The first-order valence-corrected chi connectivity index (χ1v) is 10.8.